The topological polar surface area (TPSA) is 98.7 Å². The predicted octanol–water partition coefficient (Wildman–Crippen LogP) is 1.43. The van der Waals surface area contributed by atoms with Crippen molar-refractivity contribution in [2.45, 2.75) is 6.54 Å². The van der Waals surface area contributed by atoms with Gasteiger partial charge in [-0.1, -0.05) is 0 Å². The first-order valence-electron chi connectivity index (χ1n) is 6.19. The number of amides is 1. The molecule has 2 aromatic heterocycles. The summed E-state index contributed by atoms with van der Waals surface area (Å²) in [6.45, 7) is 0.337. The van der Waals surface area contributed by atoms with Crippen molar-refractivity contribution in [1.82, 2.24) is 20.0 Å². The molecule has 3 rings (SSSR count). The fourth-order valence-electron chi connectivity index (χ4n) is 1.73. The molecule has 0 bridgehead atoms. The monoisotopic (exact) mass is 300 g/mol. The van der Waals surface area contributed by atoms with E-state index in [-0.39, 0.29) is 5.91 Å². The van der Waals surface area contributed by atoms with Crippen molar-refractivity contribution in [3.05, 3.63) is 52.7 Å². The fourth-order valence-corrected chi connectivity index (χ4v) is 2.39. The number of hydrogen-bond acceptors (Lipinski definition) is 6. The van der Waals surface area contributed by atoms with Crippen LogP contribution in [0.15, 0.2) is 42.0 Å². The lowest BCUT2D eigenvalue weighted by molar-refractivity contribution is 0.102. The largest absolute Gasteiger partial charge is 0.325 e. The van der Waals surface area contributed by atoms with Gasteiger partial charge in [-0.3, -0.25) is 4.79 Å². The van der Waals surface area contributed by atoms with E-state index in [1.807, 2.05) is 12.1 Å². The molecular formula is C13H12N6OS. The minimum Gasteiger partial charge on any atom is -0.325 e. The molecule has 0 radical (unpaired) electrons. The van der Waals surface area contributed by atoms with Gasteiger partial charge < -0.3 is 11.1 Å². The lowest BCUT2D eigenvalue weighted by Gasteiger charge is -2.04. The highest BCUT2D eigenvalue weighted by atomic mass is 32.1. The Morgan fingerprint density at radius 3 is 2.57 bits per heavy atom. The van der Waals surface area contributed by atoms with Gasteiger partial charge in [-0.2, -0.15) is 15.0 Å². The number of anilines is 1. The second-order valence-electron chi connectivity index (χ2n) is 4.15. The molecule has 0 fully saturated rings. The highest BCUT2D eigenvalue weighted by Gasteiger charge is 2.10. The van der Waals surface area contributed by atoms with Crippen LogP contribution < -0.4 is 11.1 Å². The predicted molar refractivity (Wildman–Crippen MR) is 79.3 cm³/mol. The molecule has 0 saturated heterocycles. The van der Waals surface area contributed by atoms with E-state index in [4.69, 9.17) is 5.73 Å². The van der Waals surface area contributed by atoms with Crippen molar-refractivity contribution < 1.29 is 4.79 Å². The van der Waals surface area contributed by atoms with Crippen molar-refractivity contribution in [2.24, 2.45) is 5.73 Å². The maximum atomic E-state index is 12.0. The SMILES string of the molecule is NCc1nc(C(=O)Nc2ccc(-n3nccn3)cc2)cs1. The molecule has 3 aromatic rings. The van der Waals surface area contributed by atoms with Crippen LogP contribution in [0.2, 0.25) is 0 Å². The number of aromatic nitrogens is 4. The number of benzene rings is 1. The van der Waals surface area contributed by atoms with E-state index < -0.39 is 0 Å². The first kappa shape index (κ1) is 13.4. The zero-order valence-electron chi connectivity index (χ0n) is 10.9. The lowest BCUT2D eigenvalue weighted by Crippen LogP contribution is -2.12. The molecule has 0 atom stereocenters. The zero-order chi connectivity index (χ0) is 14.7. The van der Waals surface area contributed by atoms with Crippen LogP contribution >= 0.6 is 11.3 Å². The Bertz CT molecular complexity index is 734. The van der Waals surface area contributed by atoms with Gasteiger partial charge in [0.05, 0.1) is 18.1 Å². The van der Waals surface area contributed by atoms with Gasteiger partial charge in [0.1, 0.15) is 10.7 Å². The summed E-state index contributed by atoms with van der Waals surface area (Å²) in [5.41, 5.74) is 7.35. The summed E-state index contributed by atoms with van der Waals surface area (Å²) in [4.78, 5) is 17.7. The molecule has 8 heteroatoms. The van der Waals surface area contributed by atoms with Crippen molar-refractivity contribution in [3.8, 4) is 5.69 Å². The first-order chi connectivity index (χ1) is 10.3. The first-order valence-corrected chi connectivity index (χ1v) is 7.07. The molecule has 0 unspecified atom stereocenters. The van der Waals surface area contributed by atoms with Crippen LogP contribution in [0.3, 0.4) is 0 Å². The highest BCUT2D eigenvalue weighted by Crippen LogP contribution is 2.14. The summed E-state index contributed by atoms with van der Waals surface area (Å²) in [7, 11) is 0. The van der Waals surface area contributed by atoms with Gasteiger partial charge in [-0.05, 0) is 24.3 Å². The highest BCUT2D eigenvalue weighted by molar-refractivity contribution is 7.09. The average Bonchev–Trinajstić information content (AvgIpc) is 3.19. The summed E-state index contributed by atoms with van der Waals surface area (Å²) in [6.07, 6.45) is 3.21. The Morgan fingerprint density at radius 1 is 1.24 bits per heavy atom. The number of thiazole rings is 1. The Kier molecular flexibility index (Phi) is 3.71. The van der Waals surface area contributed by atoms with E-state index in [0.29, 0.717) is 17.9 Å². The van der Waals surface area contributed by atoms with E-state index in [2.05, 4.69) is 20.5 Å². The molecule has 3 N–H and O–H groups in total. The summed E-state index contributed by atoms with van der Waals surface area (Å²) in [5.74, 6) is -0.254. The van der Waals surface area contributed by atoms with E-state index in [9.17, 15) is 4.79 Å². The van der Waals surface area contributed by atoms with Crippen LogP contribution in [-0.2, 0) is 6.54 Å². The molecule has 2 heterocycles. The molecule has 7 nitrogen and oxygen atoms in total. The van der Waals surface area contributed by atoms with Crippen LogP contribution in [0.25, 0.3) is 5.69 Å². The third-order valence-corrected chi connectivity index (χ3v) is 3.61. The minimum absolute atomic E-state index is 0.254. The second kappa shape index (κ2) is 5.81. The molecule has 0 aliphatic carbocycles. The van der Waals surface area contributed by atoms with Crippen LogP contribution in [0.1, 0.15) is 15.5 Å². The third-order valence-electron chi connectivity index (χ3n) is 2.73. The number of rotatable bonds is 4. The smallest absolute Gasteiger partial charge is 0.275 e. The molecule has 0 aliphatic heterocycles. The maximum absolute atomic E-state index is 12.0. The van der Waals surface area contributed by atoms with Crippen LogP contribution in [0.4, 0.5) is 5.69 Å². The normalized spacial score (nSPS) is 10.5. The van der Waals surface area contributed by atoms with Crippen molar-refractivity contribution >= 4 is 22.9 Å². The van der Waals surface area contributed by atoms with Gasteiger partial charge in [-0.25, -0.2) is 4.98 Å². The maximum Gasteiger partial charge on any atom is 0.275 e. The van der Waals surface area contributed by atoms with Crippen LogP contribution in [0, 0.1) is 0 Å². The molecule has 106 valence electrons. The van der Waals surface area contributed by atoms with Crippen molar-refractivity contribution in [3.63, 3.8) is 0 Å². The molecule has 1 amide bonds. The molecule has 0 saturated carbocycles. The Balaban J connectivity index is 1.71. The Morgan fingerprint density at radius 2 is 1.95 bits per heavy atom. The van der Waals surface area contributed by atoms with E-state index in [0.717, 1.165) is 10.7 Å². The molecule has 0 spiro atoms. The van der Waals surface area contributed by atoms with E-state index in [1.54, 1.807) is 29.9 Å². The number of nitrogens with two attached hydrogens (primary N) is 1. The summed E-state index contributed by atoms with van der Waals surface area (Å²) in [6, 6.07) is 7.21. The van der Waals surface area contributed by atoms with Gasteiger partial charge in [0, 0.05) is 17.6 Å². The Labute approximate surface area is 124 Å². The molecular weight excluding hydrogens is 288 g/mol. The van der Waals surface area contributed by atoms with Gasteiger partial charge in [0.2, 0.25) is 0 Å². The van der Waals surface area contributed by atoms with Gasteiger partial charge >= 0.3 is 0 Å². The van der Waals surface area contributed by atoms with Gasteiger partial charge in [-0.15, -0.1) is 11.3 Å². The average molecular weight is 300 g/mol. The van der Waals surface area contributed by atoms with Crippen molar-refractivity contribution in [2.75, 3.05) is 5.32 Å². The zero-order valence-corrected chi connectivity index (χ0v) is 11.7. The number of carbonyl (C=O) groups excluding carboxylic acids is 1. The van der Waals surface area contributed by atoms with Crippen LogP contribution in [0.5, 0.6) is 0 Å². The van der Waals surface area contributed by atoms with Crippen LogP contribution in [-0.4, -0.2) is 25.9 Å². The molecule has 0 aliphatic rings. The molecule has 21 heavy (non-hydrogen) atoms. The number of carbonyl (C=O) groups is 1. The number of nitrogens with zero attached hydrogens (tertiary/aromatic N) is 4. The quantitative estimate of drug-likeness (QED) is 0.759. The summed E-state index contributed by atoms with van der Waals surface area (Å²) < 4.78 is 0. The number of nitrogens with one attached hydrogen (secondary N) is 1. The standard InChI is InChI=1S/C13H12N6OS/c14-7-12-18-11(8-21-12)13(20)17-9-1-3-10(4-2-9)19-15-5-6-16-19/h1-6,8H,7,14H2,(H,17,20). The number of hydrogen-bond donors (Lipinski definition) is 2. The molecule has 1 aromatic carbocycles. The fraction of sp³-hybridized carbons (Fsp3) is 0.0769. The minimum atomic E-state index is -0.254. The van der Waals surface area contributed by atoms with Crippen molar-refractivity contribution in [1.29, 1.82) is 0 Å². The van der Waals surface area contributed by atoms with E-state index in [1.165, 1.54) is 16.1 Å². The third kappa shape index (κ3) is 2.96. The van der Waals surface area contributed by atoms with Gasteiger partial charge in [0.25, 0.3) is 5.91 Å². The summed E-state index contributed by atoms with van der Waals surface area (Å²) >= 11 is 1.37. The van der Waals surface area contributed by atoms with Gasteiger partial charge in [0.15, 0.2) is 0 Å². The van der Waals surface area contributed by atoms with E-state index >= 15 is 0 Å². The Hall–Kier alpha value is -2.58. The second-order valence-corrected chi connectivity index (χ2v) is 5.09. The summed E-state index contributed by atoms with van der Waals surface area (Å²) in [5, 5.41) is 13.3. The lowest BCUT2D eigenvalue weighted by atomic mass is 10.3.